The number of anilines is 1. The Bertz CT molecular complexity index is 4110. The number of rotatable bonds is 7. The zero-order chi connectivity index (χ0) is 84.8. The molecule has 0 saturated carbocycles. The molecule has 0 saturated heterocycles. The molecule has 0 amide bonds. The minimum atomic E-state index is -3.07. The molecule has 0 aliphatic carbocycles. The van der Waals surface area contributed by atoms with Crippen molar-refractivity contribution in [2.24, 2.45) is 0 Å². The Morgan fingerprint density at radius 2 is 0.691 bits per heavy atom. The fourth-order valence-electron chi connectivity index (χ4n) is 11.4. The van der Waals surface area contributed by atoms with E-state index in [2.05, 4.69) is 354 Å². The molecule has 0 aromatic heterocycles. The second-order valence-corrected chi connectivity index (χ2v) is 40.4. The molecule has 9 aromatic rings. The molecule has 9 rings (SSSR count). The number of aliphatic hydroxyl groups excluding tert-OH is 2. The first-order chi connectivity index (χ1) is 50.2. The number of ether oxygens (including phenoxy) is 2. The van der Waals surface area contributed by atoms with E-state index in [0.717, 1.165) is 39.6 Å². The third-order valence-corrected chi connectivity index (χ3v) is 19.8. The summed E-state index contributed by atoms with van der Waals surface area (Å²) in [6.07, 6.45) is 2.28. The van der Waals surface area contributed by atoms with Crippen molar-refractivity contribution in [3.05, 3.63) is 295 Å². The van der Waals surface area contributed by atoms with Gasteiger partial charge in [0, 0.05) is 31.1 Å². The largest absolute Gasteiger partial charge is 0.497 e. The van der Waals surface area contributed by atoms with Crippen molar-refractivity contribution in [2.45, 2.75) is 281 Å². The highest BCUT2D eigenvalue weighted by atomic mass is 35.5. The van der Waals surface area contributed by atoms with Crippen molar-refractivity contribution in [3.8, 4) is 11.5 Å². The van der Waals surface area contributed by atoms with E-state index in [4.69, 9.17) is 31.3 Å². The van der Waals surface area contributed by atoms with Crippen LogP contribution in [-0.2, 0) is 78.2 Å². The molecule has 0 heterocycles. The highest BCUT2D eigenvalue weighted by Gasteiger charge is 2.22. The molecule has 2 N–H and O–H groups in total. The Balaban J connectivity index is 0.000000620. The molecule has 0 aliphatic heterocycles. The van der Waals surface area contributed by atoms with Crippen molar-refractivity contribution in [1.82, 2.24) is 0 Å². The van der Waals surface area contributed by atoms with Crippen LogP contribution >= 0.6 is 11.6 Å². The normalized spacial score (nSPS) is 11.7. The second-order valence-electron chi connectivity index (χ2n) is 37.9. The molecule has 0 atom stereocenters. The number of halogens is 1. The summed E-state index contributed by atoms with van der Waals surface area (Å²) in [5, 5.41) is 18.6. The molecule has 0 aliphatic rings. The molecule has 0 spiro atoms. The van der Waals surface area contributed by atoms with Gasteiger partial charge < -0.3 is 24.6 Å². The highest BCUT2D eigenvalue weighted by molar-refractivity contribution is 7.90. The van der Waals surface area contributed by atoms with Crippen LogP contribution in [0.5, 0.6) is 11.5 Å². The molecule has 0 fully saturated rings. The Morgan fingerprint density at radius 3 is 1.00 bits per heavy atom. The van der Waals surface area contributed by atoms with Crippen LogP contribution in [0.3, 0.4) is 0 Å². The van der Waals surface area contributed by atoms with E-state index in [-0.39, 0.29) is 56.5 Å². The van der Waals surface area contributed by atoms with Crippen LogP contribution in [0.25, 0.3) is 0 Å². The van der Waals surface area contributed by atoms with Gasteiger partial charge in [-0.25, -0.2) is 8.42 Å². The van der Waals surface area contributed by atoms with E-state index < -0.39 is 9.84 Å². The van der Waals surface area contributed by atoms with Gasteiger partial charge >= 0.3 is 0 Å². The van der Waals surface area contributed by atoms with Crippen LogP contribution in [0.1, 0.15) is 272 Å². The van der Waals surface area contributed by atoms with Crippen LogP contribution in [0.15, 0.2) is 217 Å². The maximum Gasteiger partial charge on any atom is 0.175 e. The number of hydrogen-bond donors (Lipinski definition) is 2. The lowest BCUT2D eigenvalue weighted by Gasteiger charge is -2.23. The van der Waals surface area contributed by atoms with E-state index in [1.165, 1.54) is 73.1 Å². The molecular weight excluding hydrogens is 1390 g/mol. The summed E-state index contributed by atoms with van der Waals surface area (Å²) in [6.45, 7) is 66.2. The number of methoxy groups -OCH3 is 2. The predicted octanol–water partition coefficient (Wildman–Crippen LogP) is 27.2. The topological polar surface area (TPSA) is 96.3 Å². The average Bonchev–Trinajstić information content (AvgIpc) is 0.828. The molecule has 606 valence electrons. The number of hydrogen-bond acceptors (Lipinski definition) is 7. The van der Waals surface area contributed by atoms with Gasteiger partial charge in [-0.3, -0.25) is 0 Å². The van der Waals surface area contributed by atoms with Crippen molar-refractivity contribution >= 4 is 27.1 Å². The lowest BCUT2D eigenvalue weighted by Crippen LogP contribution is -2.14. The van der Waals surface area contributed by atoms with Crippen LogP contribution in [0.2, 0.25) is 5.02 Å². The maximum absolute atomic E-state index is 11.2. The summed E-state index contributed by atoms with van der Waals surface area (Å²) in [7, 11) is 4.46. The van der Waals surface area contributed by atoms with Gasteiger partial charge in [-0.2, -0.15) is 0 Å². The Morgan fingerprint density at radius 1 is 0.355 bits per heavy atom. The van der Waals surface area contributed by atoms with Gasteiger partial charge in [0.05, 0.1) is 32.3 Å². The van der Waals surface area contributed by atoms with Gasteiger partial charge in [0.2, 0.25) is 0 Å². The van der Waals surface area contributed by atoms with Crippen LogP contribution in [-0.4, -0.2) is 53.2 Å². The van der Waals surface area contributed by atoms with Crippen molar-refractivity contribution in [3.63, 3.8) is 0 Å². The van der Waals surface area contributed by atoms with Crippen molar-refractivity contribution in [1.29, 1.82) is 0 Å². The van der Waals surface area contributed by atoms with Crippen molar-refractivity contribution < 1.29 is 28.1 Å². The Hall–Kier alpha value is -7.46. The number of aliphatic hydroxyl groups is 2. The fraction of sp³-hybridized carbons (Fsp3) is 0.465. The van der Waals surface area contributed by atoms with Gasteiger partial charge in [-0.15, -0.1) is 0 Å². The fourth-order valence-corrected chi connectivity index (χ4v) is 12.2. The summed E-state index contributed by atoms with van der Waals surface area (Å²) < 4.78 is 32.7. The molecule has 9 aromatic carbocycles. The lowest BCUT2D eigenvalue weighted by molar-refractivity contribution is 0.281. The minimum absolute atomic E-state index is 0.0655. The third kappa shape index (κ3) is 38.2. The lowest BCUT2D eigenvalue weighted by atomic mass is 9.81. The van der Waals surface area contributed by atoms with E-state index in [0.29, 0.717) is 10.3 Å². The number of benzene rings is 9. The first-order valence-corrected chi connectivity index (χ1v) is 41.2. The SMILES string of the molecule is CC(C)(C)c1ccc(CO)cc1.CC(C)(C)c1ccc(S(C)(=O)=O)cc1.CC(C)(C)c1cccc(CO)c1.CC(C)(C)c1cccc(Cl)c1.CC(C)(C)c1ccccc1.CCc1cc(OC)ccc1C(C)(C)C.CN(C)c1ccc(C(C)(C)C)cc1.COc1ccc(C(C)(C)C)cc1.Cc1cccc(C)c1C(C)(C)C. The molecule has 110 heavy (non-hydrogen) atoms. The van der Waals surface area contributed by atoms with Gasteiger partial charge in [0.15, 0.2) is 9.84 Å². The summed E-state index contributed by atoms with van der Waals surface area (Å²) in [6, 6.07) is 71.6. The molecule has 0 unspecified atom stereocenters. The van der Waals surface area contributed by atoms with Gasteiger partial charge in [-0.05, 0) is 208 Å². The molecular formula is C101H148ClNO6S. The first-order valence-electron chi connectivity index (χ1n) is 38.9. The smallest absolute Gasteiger partial charge is 0.175 e. The summed E-state index contributed by atoms with van der Waals surface area (Å²) in [5.74, 6) is 1.87. The Kier molecular flexibility index (Phi) is 40.3. The number of nitrogens with zero attached hydrogens (tertiary/aromatic N) is 1. The highest BCUT2D eigenvalue weighted by Crippen LogP contribution is 2.33. The maximum atomic E-state index is 11.2. The average molecular weight is 1540 g/mol. The molecule has 0 bridgehead atoms. The summed E-state index contributed by atoms with van der Waals surface area (Å²) in [5.41, 5.74) is 21.4. The van der Waals surface area contributed by atoms with E-state index in [1.807, 2.05) is 72.8 Å². The van der Waals surface area contributed by atoms with E-state index >= 15 is 0 Å². The van der Waals surface area contributed by atoms with E-state index in [9.17, 15) is 8.42 Å². The zero-order valence-electron chi connectivity index (χ0n) is 75.1. The zero-order valence-corrected chi connectivity index (χ0v) is 76.7. The van der Waals surface area contributed by atoms with Crippen LogP contribution in [0, 0.1) is 13.8 Å². The number of sulfone groups is 1. The van der Waals surface area contributed by atoms with E-state index in [1.54, 1.807) is 26.4 Å². The van der Waals surface area contributed by atoms with Crippen LogP contribution in [0.4, 0.5) is 5.69 Å². The monoisotopic (exact) mass is 1540 g/mol. The molecule has 7 nitrogen and oxygen atoms in total. The van der Waals surface area contributed by atoms with Gasteiger partial charge in [-0.1, -0.05) is 357 Å². The van der Waals surface area contributed by atoms with Gasteiger partial charge in [0.1, 0.15) is 11.5 Å². The Labute approximate surface area is 678 Å². The van der Waals surface area contributed by atoms with Gasteiger partial charge in [0.25, 0.3) is 0 Å². The third-order valence-electron chi connectivity index (χ3n) is 18.4. The van der Waals surface area contributed by atoms with Crippen LogP contribution < -0.4 is 14.4 Å². The number of aryl methyl sites for hydroxylation is 3. The van der Waals surface area contributed by atoms with Crippen molar-refractivity contribution in [2.75, 3.05) is 39.5 Å². The predicted molar refractivity (Wildman–Crippen MR) is 483 cm³/mol. The quantitative estimate of drug-likeness (QED) is 0.164. The first kappa shape index (κ1) is 101. The summed E-state index contributed by atoms with van der Waals surface area (Å²) in [4.78, 5) is 2.50. The second kappa shape index (κ2) is 44.1. The molecule has 9 heteroatoms. The standard InChI is InChI=1S/C13H20O.C12H19N.C12H18.C11H16O2S.3C11H16O.C10H13Cl.C10H14/c1-6-10-9-11(14-5)7-8-12(10)13(2,3)4;1-12(2,3)10-6-8-11(9-7-10)13(4)5;1-9-7-6-8-10(2)11(9)12(3,4)5;1-11(2,3)9-5-7-10(8-6-9)14(4,12)13;1-11(2,3)9-5-7-10(12-4)8-6-9;1-11(2,3)10-6-4-9(8-12)5-7-10;1-11(2,3)10-6-4-5-9(7-10)8-12;1-10(2,3)8-5-4-6-9(11)7-8;1-10(2,3)9-7-5-4-6-8-9/h7-9H,6H2,1-5H3;6-9H,1-5H3;6-8H,1-5H3;5-8H,1-4H3;5-8H,1-4H3;2*4-7,12H,8H2,1-3H3;4-7H,1-3H3;4-8H,1-3H3. The molecule has 0 radical (unpaired) electrons. The summed E-state index contributed by atoms with van der Waals surface area (Å²) >= 11 is 5.85. The minimum Gasteiger partial charge on any atom is -0.497 e.